The van der Waals surface area contributed by atoms with Crippen molar-refractivity contribution in [3.63, 3.8) is 0 Å². The molecule has 0 aromatic heterocycles. The first-order valence-corrected chi connectivity index (χ1v) is 6.72. The van der Waals surface area contributed by atoms with Gasteiger partial charge in [0.1, 0.15) is 5.75 Å². The van der Waals surface area contributed by atoms with Crippen molar-refractivity contribution in [2.75, 3.05) is 12.4 Å². The molecule has 0 amide bonds. The predicted molar refractivity (Wildman–Crippen MR) is 56.2 cm³/mol. The number of carbonyl (C=O) groups is 1. The number of hydrogen-bond donors (Lipinski definition) is 1. The van der Waals surface area contributed by atoms with Gasteiger partial charge in [0, 0.05) is 22.7 Å². The highest BCUT2D eigenvalue weighted by molar-refractivity contribution is 7.86. The van der Waals surface area contributed by atoms with Crippen LogP contribution in [0.25, 0.3) is 0 Å². The number of carboxylic acids is 1. The molecule has 2 atom stereocenters. The zero-order valence-electron chi connectivity index (χ0n) is 8.61. The van der Waals surface area contributed by atoms with Crippen molar-refractivity contribution < 1.29 is 18.8 Å². The van der Waals surface area contributed by atoms with E-state index in [1.54, 1.807) is 0 Å². The lowest BCUT2D eigenvalue weighted by atomic mass is 9.75. The van der Waals surface area contributed by atoms with Gasteiger partial charge in [0.05, 0.1) is 5.60 Å². The standard InChI is InChI=1S/C10H16O4S/c11-9(12)7-15(13)8-2-5-14-10(6-8)3-1-4-10/h8H,1-7H2,(H,11,12). The van der Waals surface area contributed by atoms with Crippen LogP contribution in [0.2, 0.25) is 0 Å². The molecule has 2 fully saturated rings. The number of carboxylic acid groups (broad SMARTS) is 1. The van der Waals surface area contributed by atoms with Crippen molar-refractivity contribution in [1.82, 2.24) is 0 Å². The summed E-state index contributed by atoms with van der Waals surface area (Å²) in [4.78, 5) is 10.5. The van der Waals surface area contributed by atoms with Crippen molar-refractivity contribution in [2.24, 2.45) is 0 Å². The van der Waals surface area contributed by atoms with Crippen molar-refractivity contribution in [2.45, 2.75) is 43.0 Å². The molecule has 1 N–H and O–H groups in total. The van der Waals surface area contributed by atoms with Crippen LogP contribution in [0.3, 0.4) is 0 Å². The summed E-state index contributed by atoms with van der Waals surface area (Å²) < 4.78 is 17.4. The maximum absolute atomic E-state index is 11.7. The second kappa shape index (κ2) is 4.22. The summed E-state index contributed by atoms with van der Waals surface area (Å²) in [7, 11) is -1.23. The minimum Gasteiger partial charge on any atom is -0.481 e. The maximum atomic E-state index is 11.7. The van der Waals surface area contributed by atoms with E-state index in [9.17, 15) is 9.00 Å². The van der Waals surface area contributed by atoms with E-state index >= 15 is 0 Å². The summed E-state index contributed by atoms with van der Waals surface area (Å²) >= 11 is 0. The van der Waals surface area contributed by atoms with Crippen LogP contribution >= 0.6 is 0 Å². The summed E-state index contributed by atoms with van der Waals surface area (Å²) in [6.45, 7) is 0.635. The van der Waals surface area contributed by atoms with Crippen LogP contribution in [-0.2, 0) is 20.3 Å². The van der Waals surface area contributed by atoms with Crippen LogP contribution in [0.15, 0.2) is 0 Å². The topological polar surface area (TPSA) is 63.6 Å². The minimum absolute atomic E-state index is 0.0233. The third kappa shape index (κ3) is 2.39. The van der Waals surface area contributed by atoms with Gasteiger partial charge < -0.3 is 9.84 Å². The van der Waals surface area contributed by atoms with E-state index in [2.05, 4.69) is 0 Å². The SMILES string of the molecule is O=C(O)CS(=O)C1CCOC2(CCC2)C1. The molecular weight excluding hydrogens is 216 g/mol. The second-order valence-electron chi connectivity index (χ2n) is 4.42. The molecule has 1 saturated heterocycles. The summed E-state index contributed by atoms with van der Waals surface area (Å²) in [5.74, 6) is -1.19. The Morgan fingerprint density at radius 2 is 2.27 bits per heavy atom. The van der Waals surface area contributed by atoms with Gasteiger partial charge >= 0.3 is 5.97 Å². The molecule has 1 spiro atoms. The molecule has 5 heteroatoms. The van der Waals surface area contributed by atoms with E-state index in [0.29, 0.717) is 6.61 Å². The molecule has 0 radical (unpaired) electrons. The maximum Gasteiger partial charge on any atom is 0.316 e. The average Bonchev–Trinajstić information content (AvgIpc) is 2.14. The van der Waals surface area contributed by atoms with Gasteiger partial charge in [-0.05, 0) is 32.1 Å². The Bertz CT molecular complexity index is 285. The minimum atomic E-state index is -1.23. The molecule has 4 nitrogen and oxygen atoms in total. The van der Waals surface area contributed by atoms with E-state index in [4.69, 9.17) is 9.84 Å². The van der Waals surface area contributed by atoms with Crippen LogP contribution in [0.5, 0.6) is 0 Å². The Hall–Kier alpha value is -0.420. The van der Waals surface area contributed by atoms with Crippen LogP contribution in [0.1, 0.15) is 32.1 Å². The molecule has 15 heavy (non-hydrogen) atoms. The Morgan fingerprint density at radius 1 is 1.53 bits per heavy atom. The van der Waals surface area contributed by atoms with Gasteiger partial charge in [-0.3, -0.25) is 9.00 Å². The van der Waals surface area contributed by atoms with Crippen LogP contribution in [-0.4, -0.2) is 38.5 Å². The molecule has 86 valence electrons. The number of hydrogen-bond acceptors (Lipinski definition) is 3. The fourth-order valence-electron chi connectivity index (χ4n) is 2.37. The van der Waals surface area contributed by atoms with Crippen molar-refractivity contribution in [1.29, 1.82) is 0 Å². The van der Waals surface area contributed by atoms with Gasteiger partial charge in [-0.2, -0.15) is 0 Å². The molecular formula is C10H16O4S. The normalized spacial score (nSPS) is 30.8. The summed E-state index contributed by atoms with van der Waals surface area (Å²) in [6.07, 6.45) is 4.80. The molecule has 2 unspecified atom stereocenters. The smallest absolute Gasteiger partial charge is 0.316 e. The molecule has 0 aromatic rings. The molecule has 1 heterocycles. The molecule has 1 aliphatic heterocycles. The quantitative estimate of drug-likeness (QED) is 0.786. The number of ether oxygens (including phenoxy) is 1. The number of aliphatic carboxylic acids is 1. The zero-order chi connectivity index (χ0) is 10.9. The van der Waals surface area contributed by atoms with Crippen LogP contribution < -0.4 is 0 Å². The second-order valence-corrected chi connectivity index (χ2v) is 6.14. The van der Waals surface area contributed by atoms with Gasteiger partial charge in [0.2, 0.25) is 0 Å². The fraction of sp³-hybridized carbons (Fsp3) is 0.900. The van der Waals surface area contributed by atoms with Crippen molar-refractivity contribution >= 4 is 16.8 Å². The molecule has 2 rings (SSSR count). The summed E-state index contributed by atoms with van der Waals surface area (Å²) in [5, 5.41) is 8.61. The zero-order valence-corrected chi connectivity index (χ0v) is 9.42. The van der Waals surface area contributed by atoms with Gasteiger partial charge in [-0.15, -0.1) is 0 Å². The Balaban J connectivity index is 1.92. The van der Waals surface area contributed by atoms with E-state index < -0.39 is 16.8 Å². The van der Waals surface area contributed by atoms with Crippen LogP contribution in [0.4, 0.5) is 0 Å². The highest BCUT2D eigenvalue weighted by Gasteiger charge is 2.44. The van der Waals surface area contributed by atoms with E-state index in [1.165, 1.54) is 6.42 Å². The van der Waals surface area contributed by atoms with Gasteiger partial charge in [0.15, 0.2) is 0 Å². The van der Waals surface area contributed by atoms with Gasteiger partial charge in [0.25, 0.3) is 0 Å². The highest BCUT2D eigenvalue weighted by Crippen LogP contribution is 2.43. The predicted octanol–water partition coefficient (Wildman–Crippen LogP) is 0.921. The first-order valence-electron chi connectivity index (χ1n) is 5.34. The van der Waals surface area contributed by atoms with E-state index in [-0.39, 0.29) is 16.6 Å². The van der Waals surface area contributed by atoms with E-state index in [1.807, 2.05) is 0 Å². The third-order valence-electron chi connectivity index (χ3n) is 3.35. The fourth-order valence-corrected chi connectivity index (χ4v) is 3.69. The van der Waals surface area contributed by atoms with E-state index in [0.717, 1.165) is 25.7 Å². The monoisotopic (exact) mass is 232 g/mol. The van der Waals surface area contributed by atoms with Crippen LogP contribution in [0, 0.1) is 0 Å². The molecule has 2 aliphatic rings. The molecule has 1 aliphatic carbocycles. The molecule has 0 bridgehead atoms. The highest BCUT2D eigenvalue weighted by atomic mass is 32.2. The van der Waals surface area contributed by atoms with Crippen molar-refractivity contribution in [3.8, 4) is 0 Å². The largest absolute Gasteiger partial charge is 0.481 e. The van der Waals surface area contributed by atoms with Gasteiger partial charge in [-0.1, -0.05) is 0 Å². The summed E-state index contributed by atoms with van der Waals surface area (Å²) in [6, 6.07) is 0. The van der Waals surface area contributed by atoms with Gasteiger partial charge in [-0.25, -0.2) is 0 Å². The summed E-state index contributed by atoms with van der Waals surface area (Å²) in [5.41, 5.74) is -0.0446. The third-order valence-corrected chi connectivity index (χ3v) is 5.03. The molecule has 0 aromatic carbocycles. The Morgan fingerprint density at radius 3 is 2.80 bits per heavy atom. The first kappa shape index (κ1) is 11.1. The van der Waals surface area contributed by atoms with Crippen molar-refractivity contribution in [3.05, 3.63) is 0 Å². The number of rotatable bonds is 3. The Labute approximate surface area is 91.5 Å². The Kier molecular flexibility index (Phi) is 3.11. The lowest BCUT2D eigenvalue weighted by Gasteiger charge is -2.46. The first-order chi connectivity index (χ1) is 7.11. The lowest BCUT2D eigenvalue weighted by molar-refractivity contribution is -0.134. The molecule has 1 saturated carbocycles. The lowest BCUT2D eigenvalue weighted by Crippen LogP contribution is -2.48. The average molecular weight is 232 g/mol.